The molecule has 0 saturated carbocycles. The van der Waals surface area contributed by atoms with Crippen LogP contribution in [-0.2, 0) is 16.6 Å². The molecule has 1 N–H and O–H groups in total. The molecule has 0 aliphatic rings. The summed E-state index contributed by atoms with van der Waals surface area (Å²) in [4.78, 5) is -0.0404. The summed E-state index contributed by atoms with van der Waals surface area (Å²) in [6.45, 7) is 0.0237. The van der Waals surface area contributed by atoms with Gasteiger partial charge in [0, 0.05) is 6.20 Å². The molecule has 1 aromatic heterocycles. The van der Waals surface area contributed by atoms with E-state index in [2.05, 4.69) is 14.9 Å². The Hall–Kier alpha value is -2.30. The zero-order chi connectivity index (χ0) is 13.7. The van der Waals surface area contributed by atoms with E-state index in [0.717, 1.165) is 0 Å². The summed E-state index contributed by atoms with van der Waals surface area (Å²) in [6, 6.07) is 11.2. The maximum atomic E-state index is 12.1. The number of rotatable bonds is 4. The fourth-order valence-electron chi connectivity index (χ4n) is 1.47. The van der Waals surface area contributed by atoms with Crippen LogP contribution in [0.5, 0.6) is 0 Å². The van der Waals surface area contributed by atoms with Crippen LogP contribution in [0.25, 0.3) is 0 Å². The first-order valence-corrected chi connectivity index (χ1v) is 6.87. The van der Waals surface area contributed by atoms with Gasteiger partial charge in [0.25, 0.3) is 0 Å². The molecule has 6 nitrogen and oxygen atoms in total. The molecule has 1 aromatic carbocycles. The molecule has 1 heterocycles. The van der Waals surface area contributed by atoms with Crippen molar-refractivity contribution in [2.75, 3.05) is 0 Å². The van der Waals surface area contributed by atoms with E-state index in [1.165, 1.54) is 18.3 Å². The zero-order valence-electron chi connectivity index (χ0n) is 9.81. The second kappa shape index (κ2) is 5.56. The van der Waals surface area contributed by atoms with Crippen molar-refractivity contribution >= 4 is 10.0 Å². The second-order valence-electron chi connectivity index (χ2n) is 3.65. The van der Waals surface area contributed by atoms with E-state index in [0.29, 0.717) is 5.69 Å². The standard InChI is InChI=1S/C12H10N4O2S/c13-8-10-4-1-2-6-12(10)19(17,18)15-9-11-5-3-7-14-16-11/h1-7,15H,9H2. The molecular formula is C12H10N4O2S. The van der Waals surface area contributed by atoms with E-state index in [1.54, 1.807) is 24.3 Å². The number of sulfonamides is 1. The Kier molecular flexibility index (Phi) is 3.85. The minimum absolute atomic E-state index is 0.0237. The van der Waals surface area contributed by atoms with E-state index in [9.17, 15) is 8.42 Å². The van der Waals surface area contributed by atoms with E-state index in [-0.39, 0.29) is 17.0 Å². The smallest absolute Gasteiger partial charge is 0.207 e. The highest BCUT2D eigenvalue weighted by atomic mass is 32.2. The van der Waals surface area contributed by atoms with Crippen molar-refractivity contribution in [3.05, 3.63) is 53.9 Å². The first-order chi connectivity index (χ1) is 9.13. The fraction of sp³-hybridized carbons (Fsp3) is 0.0833. The van der Waals surface area contributed by atoms with Gasteiger partial charge in [-0.15, -0.1) is 0 Å². The molecule has 0 radical (unpaired) electrons. The Labute approximate surface area is 110 Å². The lowest BCUT2D eigenvalue weighted by molar-refractivity contribution is 0.579. The van der Waals surface area contributed by atoms with Gasteiger partial charge in [0.2, 0.25) is 10.0 Å². The average molecular weight is 274 g/mol. The summed E-state index contributed by atoms with van der Waals surface area (Å²) in [5.74, 6) is 0. The van der Waals surface area contributed by atoms with Crippen LogP contribution >= 0.6 is 0 Å². The second-order valence-corrected chi connectivity index (χ2v) is 5.38. The van der Waals surface area contributed by atoms with Crippen LogP contribution in [-0.4, -0.2) is 18.6 Å². The predicted octanol–water partition coefficient (Wildman–Crippen LogP) is 0.827. The molecule has 0 bridgehead atoms. The average Bonchev–Trinajstić information content (AvgIpc) is 2.46. The Morgan fingerprint density at radius 2 is 2.00 bits per heavy atom. The molecule has 0 aliphatic carbocycles. The molecule has 0 saturated heterocycles. The molecule has 2 aromatic rings. The van der Waals surface area contributed by atoms with Crippen molar-refractivity contribution in [3.63, 3.8) is 0 Å². The summed E-state index contributed by atoms with van der Waals surface area (Å²) >= 11 is 0. The first kappa shape index (κ1) is 13.1. The van der Waals surface area contributed by atoms with E-state index in [4.69, 9.17) is 5.26 Å². The first-order valence-electron chi connectivity index (χ1n) is 5.39. The Morgan fingerprint density at radius 3 is 2.68 bits per heavy atom. The van der Waals surface area contributed by atoms with Gasteiger partial charge in [-0.25, -0.2) is 13.1 Å². The van der Waals surface area contributed by atoms with Crippen molar-refractivity contribution in [3.8, 4) is 6.07 Å². The third kappa shape index (κ3) is 3.13. The van der Waals surface area contributed by atoms with Gasteiger partial charge < -0.3 is 0 Å². The lowest BCUT2D eigenvalue weighted by atomic mass is 10.2. The van der Waals surface area contributed by atoms with Gasteiger partial charge in [0.1, 0.15) is 6.07 Å². The molecule has 19 heavy (non-hydrogen) atoms. The van der Waals surface area contributed by atoms with Crippen molar-refractivity contribution in [1.82, 2.24) is 14.9 Å². The van der Waals surface area contributed by atoms with Crippen LogP contribution in [0.2, 0.25) is 0 Å². The number of nitriles is 1. The van der Waals surface area contributed by atoms with Gasteiger partial charge in [-0.2, -0.15) is 15.5 Å². The van der Waals surface area contributed by atoms with Gasteiger partial charge >= 0.3 is 0 Å². The molecule has 0 unspecified atom stereocenters. The van der Waals surface area contributed by atoms with E-state index in [1.807, 2.05) is 6.07 Å². The number of nitrogens with one attached hydrogen (secondary N) is 1. The van der Waals surface area contributed by atoms with E-state index < -0.39 is 10.0 Å². The normalized spacial score (nSPS) is 10.9. The number of benzene rings is 1. The van der Waals surface area contributed by atoms with Crippen molar-refractivity contribution in [2.24, 2.45) is 0 Å². The zero-order valence-corrected chi connectivity index (χ0v) is 10.6. The number of hydrogen-bond donors (Lipinski definition) is 1. The molecule has 0 amide bonds. The summed E-state index contributed by atoms with van der Waals surface area (Å²) in [6.07, 6.45) is 1.50. The van der Waals surface area contributed by atoms with Gasteiger partial charge in [0.15, 0.2) is 0 Å². The van der Waals surface area contributed by atoms with Crippen molar-refractivity contribution < 1.29 is 8.42 Å². The summed E-state index contributed by atoms with van der Waals surface area (Å²) in [7, 11) is -3.74. The minimum atomic E-state index is -3.74. The molecule has 7 heteroatoms. The monoisotopic (exact) mass is 274 g/mol. The third-order valence-corrected chi connectivity index (χ3v) is 3.83. The Morgan fingerprint density at radius 1 is 1.21 bits per heavy atom. The highest BCUT2D eigenvalue weighted by Crippen LogP contribution is 2.14. The van der Waals surface area contributed by atoms with Crippen LogP contribution in [0.15, 0.2) is 47.5 Å². The Balaban J connectivity index is 2.22. The van der Waals surface area contributed by atoms with Gasteiger partial charge in [-0.3, -0.25) is 0 Å². The molecule has 0 fully saturated rings. The van der Waals surface area contributed by atoms with Gasteiger partial charge in [0.05, 0.1) is 22.7 Å². The lowest BCUT2D eigenvalue weighted by Crippen LogP contribution is -2.24. The highest BCUT2D eigenvalue weighted by Gasteiger charge is 2.17. The fourth-order valence-corrected chi connectivity index (χ4v) is 2.62. The minimum Gasteiger partial charge on any atom is -0.207 e. The van der Waals surface area contributed by atoms with Gasteiger partial charge in [-0.1, -0.05) is 12.1 Å². The largest absolute Gasteiger partial charge is 0.242 e. The summed E-state index contributed by atoms with van der Waals surface area (Å²) in [5.41, 5.74) is 0.606. The molecular weight excluding hydrogens is 264 g/mol. The lowest BCUT2D eigenvalue weighted by Gasteiger charge is -2.07. The summed E-state index contributed by atoms with van der Waals surface area (Å²) in [5, 5.41) is 16.3. The van der Waals surface area contributed by atoms with Gasteiger partial charge in [-0.05, 0) is 24.3 Å². The SMILES string of the molecule is N#Cc1ccccc1S(=O)(=O)NCc1cccnn1. The maximum absolute atomic E-state index is 12.1. The molecule has 0 atom stereocenters. The van der Waals surface area contributed by atoms with Crippen molar-refractivity contribution in [2.45, 2.75) is 11.4 Å². The van der Waals surface area contributed by atoms with Crippen LogP contribution in [0.1, 0.15) is 11.3 Å². The van der Waals surface area contributed by atoms with Crippen LogP contribution in [0.3, 0.4) is 0 Å². The third-order valence-electron chi connectivity index (χ3n) is 2.37. The van der Waals surface area contributed by atoms with E-state index >= 15 is 0 Å². The molecule has 0 aliphatic heterocycles. The summed E-state index contributed by atoms with van der Waals surface area (Å²) < 4.78 is 26.5. The topological polar surface area (TPSA) is 95.7 Å². The quantitative estimate of drug-likeness (QED) is 0.890. The van der Waals surface area contributed by atoms with Crippen LogP contribution in [0.4, 0.5) is 0 Å². The highest BCUT2D eigenvalue weighted by molar-refractivity contribution is 7.89. The van der Waals surface area contributed by atoms with Crippen molar-refractivity contribution in [1.29, 1.82) is 5.26 Å². The molecule has 2 rings (SSSR count). The molecule has 96 valence electrons. The van der Waals surface area contributed by atoms with Crippen LogP contribution in [0, 0.1) is 11.3 Å². The van der Waals surface area contributed by atoms with Crippen LogP contribution < -0.4 is 4.72 Å². The number of aromatic nitrogens is 2. The predicted molar refractivity (Wildman–Crippen MR) is 67.2 cm³/mol. The number of nitrogens with zero attached hydrogens (tertiary/aromatic N) is 3. The Bertz CT molecular complexity index is 708. The number of hydrogen-bond acceptors (Lipinski definition) is 5. The maximum Gasteiger partial charge on any atom is 0.242 e. The molecule has 0 spiro atoms.